The summed E-state index contributed by atoms with van der Waals surface area (Å²) in [6, 6.07) is 0. The number of aromatic nitrogens is 2. The zero-order valence-corrected chi connectivity index (χ0v) is 14.7. The molecule has 0 bridgehead atoms. The zero-order valence-electron chi connectivity index (χ0n) is 13.1. The highest BCUT2D eigenvalue weighted by Gasteiger charge is 2.36. The van der Waals surface area contributed by atoms with Crippen LogP contribution in [0.25, 0.3) is 0 Å². The number of aromatic amines is 1. The van der Waals surface area contributed by atoms with Crippen molar-refractivity contribution in [3.05, 3.63) is 11.4 Å². The van der Waals surface area contributed by atoms with Gasteiger partial charge in [0.05, 0.1) is 17.3 Å². The molecule has 0 atom stereocenters. The van der Waals surface area contributed by atoms with Crippen molar-refractivity contribution in [3.63, 3.8) is 0 Å². The third-order valence-corrected chi connectivity index (χ3v) is 6.72. The number of H-pyrrole nitrogens is 1. The third kappa shape index (κ3) is 3.27. The normalized spacial score (nSPS) is 19.1. The summed E-state index contributed by atoms with van der Waals surface area (Å²) in [4.78, 5) is 0.256. The monoisotopic (exact) mass is 333 g/mol. The van der Waals surface area contributed by atoms with Crippen LogP contribution < -0.4 is 0 Å². The van der Waals surface area contributed by atoms with Crippen LogP contribution in [0.15, 0.2) is 4.90 Å². The van der Waals surface area contributed by atoms with E-state index in [2.05, 4.69) is 31.0 Å². The van der Waals surface area contributed by atoms with Crippen LogP contribution in [-0.4, -0.2) is 36.0 Å². The molecule has 1 saturated heterocycles. The summed E-state index contributed by atoms with van der Waals surface area (Å²) in [7, 11) is -3.51. The summed E-state index contributed by atoms with van der Waals surface area (Å²) >= 11 is 5.81. The minimum Gasteiger partial charge on any atom is -0.281 e. The first kappa shape index (κ1) is 16.8. The first-order valence-corrected chi connectivity index (χ1v) is 9.25. The molecule has 0 radical (unpaired) electrons. The number of halogens is 1. The molecule has 1 aliphatic rings. The van der Waals surface area contributed by atoms with Gasteiger partial charge in [-0.15, -0.1) is 11.6 Å². The molecule has 1 aromatic heterocycles. The minimum atomic E-state index is -3.51. The molecule has 0 aromatic carbocycles. The Morgan fingerprint density at radius 2 is 1.90 bits per heavy atom. The molecule has 0 spiro atoms. The highest BCUT2D eigenvalue weighted by molar-refractivity contribution is 7.89. The van der Waals surface area contributed by atoms with E-state index in [1.165, 1.54) is 0 Å². The Labute approximate surface area is 132 Å². The van der Waals surface area contributed by atoms with Crippen LogP contribution in [0, 0.1) is 18.3 Å². The largest absolute Gasteiger partial charge is 0.281 e. The summed E-state index contributed by atoms with van der Waals surface area (Å²) in [5.74, 6) is 0.652. The maximum Gasteiger partial charge on any atom is 0.246 e. The fraction of sp³-hybridized carbons (Fsp3) is 0.786. The Kier molecular flexibility index (Phi) is 4.71. The van der Waals surface area contributed by atoms with Crippen LogP contribution >= 0.6 is 11.6 Å². The Balaban J connectivity index is 2.21. The Morgan fingerprint density at radius 3 is 2.38 bits per heavy atom. The SMILES string of the molecule is Cc1[nH]nc(CCl)c1S(=O)(=O)N1CCC(C(C)(C)C)CC1. The summed E-state index contributed by atoms with van der Waals surface area (Å²) in [5.41, 5.74) is 1.19. The number of sulfonamides is 1. The van der Waals surface area contributed by atoms with E-state index < -0.39 is 10.0 Å². The quantitative estimate of drug-likeness (QED) is 0.865. The van der Waals surface area contributed by atoms with E-state index in [0.717, 1.165) is 12.8 Å². The van der Waals surface area contributed by atoms with E-state index in [1.54, 1.807) is 11.2 Å². The molecule has 1 aliphatic heterocycles. The van der Waals surface area contributed by atoms with Gasteiger partial charge in [-0.1, -0.05) is 20.8 Å². The Bertz CT molecular complexity index is 596. The number of alkyl halides is 1. The second-order valence-electron chi connectivity index (χ2n) is 6.80. The Hall–Kier alpha value is -0.590. The predicted octanol–water partition coefficient (Wildman–Crippen LogP) is 2.90. The maximum absolute atomic E-state index is 12.8. The van der Waals surface area contributed by atoms with Crippen molar-refractivity contribution in [1.82, 2.24) is 14.5 Å². The number of aryl methyl sites for hydroxylation is 1. The average molecular weight is 334 g/mol. The van der Waals surface area contributed by atoms with E-state index >= 15 is 0 Å². The third-order valence-electron chi connectivity index (χ3n) is 4.36. The maximum atomic E-state index is 12.8. The molecule has 1 fully saturated rings. The number of hydrogen-bond acceptors (Lipinski definition) is 3. The number of nitrogens with zero attached hydrogens (tertiary/aromatic N) is 2. The lowest BCUT2D eigenvalue weighted by Gasteiger charge is -2.38. The van der Waals surface area contributed by atoms with Crippen LogP contribution in [0.4, 0.5) is 0 Å². The first-order valence-electron chi connectivity index (χ1n) is 7.28. The molecule has 2 heterocycles. The van der Waals surface area contributed by atoms with E-state index in [4.69, 9.17) is 11.6 Å². The molecule has 1 N–H and O–H groups in total. The summed E-state index contributed by atoms with van der Waals surface area (Å²) < 4.78 is 27.2. The van der Waals surface area contributed by atoms with Gasteiger partial charge in [-0.05, 0) is 31.1 Å². The van der Waals surface area contributed by atoms with Gasteiger partial charge >= 0.3 is 0 Å². The molecule has 7 heteroatoms. The minimum absolute atomic E-state index is 0.0946. The van der Waals surface area contributed by atoms with Gasteiger partial charge in [0.2, 0.25) is 10.0 Å². The molecule has 0 amide bonds. The molecule has 2 rings (SSSR count). The van der Waals surface area contributed by atoms with Gasteiger partial charge in [0.25, 0.3) is 0 Å². The molecule has 5 nitrogen and oxygen atoms in total. The van der Waals surface area contributed by atoms with Crippen molar-refractivity contribution < 1.29 is 8.42 Å². The molecule has 0 unspecified atom stereocenters. The van der Waals surface area contributed by atoms with E-state index in [0.29, 0.717) is 30.4 Å². The summed E-state index contributed by atoms with van der Waals surface area (Å²) in [5, 5.41) is 6.71. The number of piperidine rings is 1. The van der Waals surface area contributed by atoms with Gasteiger partial charge in [-0.3, -0.25) is 5.10 Å². The fourth-order valence-electron chi connectivity index (χ4n) is 2.99. The lowest BCUT2D eigenvalue weighted by atomic mass is 9.76. The lowest BCUT2D eigenvalue weighted by Crippen LogP contribution is -2.41. The first-order chi connectivity index (χ1) is 9.67. The van der Waals surface area contributed by atoms with Crippen molar-refractivity contribution in [2.24, 2.45) is 11.3 Å². The smallest absolute Gasteiger partial charge is 0.246 e. The van der Waals surface area contributed by atoms with E-state index in [-0.39, 0.29) is 16.2 Å². The number of nitrogens with one attached hydrogen (secondary N) is 1. The summed E-state index contributed by atoms with van der Waals surface area (Å²) in [6.45, 7) is 9.50. The number of rotatable bonds is 3. The molecule has 0 aliphatic carbocycles. The lowest BCUT2D eigenvalue weighted by molar-refractivity contribution is 0.154. The van der Waals surface area contributed by atoms with Crippen molar-refractivity contribution >= 4 is 21.6 Å². The highest BCUT2D eigenvalue weighted by atomic mass is 35.5. The van der Waals surface area contributed by atoms with Crippen molar-refractivity contribution in [2.75, 3.05) is 13.1 Å². The van der Waals surface area contributed by atoms with Crippen molar-refractivity contribution in [2.45, 2.75) is 51.3 Å². The van der Waals surface area contributed by atoms with Crippen LogP contribution in [0.3, 0.4) is 0 Å². The van der Waals surface area contributed by atoms with Gasteiger partial charge in [-0.25, -0.2) is 8.42 Å². The van der Waals surface area contributed by atoms with Gasteiger partial charge in [-0.2, -0.15) is 9.40 Å². The van der Waals surface area contributed by atoms with Crippen LogP contribution in [0.2, 0.25) is 0 Å². The standard InChI is InChI=1S/C14H24ClN3O2S/c1-10-13(12(9-15)17-16-10)21(19,20)18-7-5-11(6-8-18)14(2,3)4/h11H,5-9H2,1-4H3,(H,16,17). The van der Waals surface area contributed by atoms with Gasteiger partial charge < -0.3 is 0 Å². The molecular weight excluding hydrogens is 310 g/mol. The van der Waals surface area contributed by atoms with Gasteiger partial charge in [0.1, 0.15) is 4.90 Å². The van der Waals surface area contributed by atoms with Gasteiger partial charge in [0.15, 0.2) is 0 Å². The van der Waals surface area contributed by atoms with Gasteiger partial charge in [0, 0.05) is 13.1 Å². The second-order valence-corrected chi connectivity index (χ2v) is 8.94. The zero-order chi connectivity index (χ0) is 15.8. The van der Waals surface area contributed by atoms with Crippen LogP contribution in [0.1, 0.15) is 45.0 Å². The van der Waals surface area contributed by atoms with Crippen LogP contribution in [-0.2, 0) is 15.9 Å². The van der Waals surface area contributed by atoms with E-state index in [9.17, 15) is 8.42 Å². The highest BCUT2D eigenvalue weighted by Crippen LogP contribution is 2.36. The molecule has 120 valence electrons. The topological polar surface area (TPSA) is 66.1 Å². The van der Waals surface area contributed by atoms with Crippen molar-refractivity contribution in [3.8, 4) is 0 Å². The molecule has 21 heavy (non-hydrogen) atoms. The summed E-state index contributed by atoms with van der Waals surface area (Å²) in [6.07, 6.45) is 1.80. The predicted molar refractivity (Wildman–Crippen MR) is 83.8 cm³/mol. The molecule has 0 saturated carbocycles. The molecule has 1 aromatic rings. The van der Waals surface area contributed by atoms with E-state index in [1.807, 2.05) is 0 Å². The Morgan fingerprint density at radius 1 is 1.33 bits per heavy atom. The average Bonchev–Trinajstić information content (AvgIpc) is 2.79. The fourth-order valence-corrected chi connectivity index (χ4v) is 5.06. The second kappa shape index (κ2) is 5.89. The number of hydrogen-bond donors (Lipinski definition) is 1. The van der Waals surface area contributed by atoms with Crippen LogP contribution in [0.5, 0.6) is 0 Å². The molecular formula is C14H24ClN3O2S. The van der Waals surface area contributed by atoms with Crippen molar-refractivity contribution in [1.29, 1.82) is 0 Å².